The second-order valence-corrected chi connectivity index (χ2v) is 4.90. The quantitative estimate of drug-likeness (QED) is 0.635. The molecule has 0 saturated carbocycles. The maximum Gasteiger partial charge on any atom is 0.300 e. The van der Waals surface area contributed by atoms with E-state index >= 15 is 0 Å². The van der Waals surface area contributed by atoms with Gasteiger partial charge >= 0.3 is 0 Å². The van der Waals surface area contributed by atoms with E-state index in [1.165, 1.54) is 24.0 Å². The van der Waals surface area contributed by atoms with Crippen LogP contribution in [0.4, 0.5) is 5.82 Å². The summed E-state index contributed by atoms with van der Waals surface area (Å²) in [7, 11) is -2.57. The minimum Gasteiger partial charge on any atom is -0.365 e. The third-order valence-electron chi connectivity index (χ3n) is 2.14. The third kappa shape index (κ3) is 2.10. The summed E-state index contributed by atoms with van der Waals surface area (Å²) in [4.78, 5) is 15.3. The largest absolute Gasteiger partial charge is 0.365 e. The van der Waals surface area contributed by atoms with Crippen molar-refractivity contribution >= 4 is 27.6 Å². The second kappa shape index (κ2) is 4.23. The third-order valence-corrected chi connectivity index (χ3v) is 3.14. The Bertz CT molecular complexity index is 707. The first-order chi connectivity index (χ1) is 8.44. The number of primary amides is 1. The van der Waals surface area contributed by atoms with Crippen molar-refractivity contribution in [3.63, 3.8) is 0 Å². The van der Waals surface area contributed by atoms with Crippen LogP contribution in [0.25, 0.3) is 5.65 Å². The Balaban J connectivity index is 2.63. The fraction of sp³-hybridized carbons (Fsp3) is 0.125. The summed E-state index contributed by atoms with van der Waals surface area (Å²) < 4.78 is 28.1. The van der Waals surface area contributed by atoms with Gasteiger partial charge in [0.05, 0.1) is 0 Å². The topological polar surface area (TPSA) is 131 Å². The minimum absolute atomic E-state index is 0.0885. The van der Waals surface area contributed by atoms with Crippen LogP contribution in [0.3, 0.4) is 0 Å². The van der Waals surface area contributed by atoms with Gasteiger partial charge in [-0.25, -0.2) is 14.2 Å². The van der Waals surface area contributed by atoms with Crippen molar-refractivity contribution in [1.29, 1.82) is 0 Å². The van der Waals surface area contributed by atoms with Crippen molar-refractivity contribution in [3.8, 4) is 0 Å². The summed E-state index contributed by atoms with van der Waals surface area (Å²) in [5, 5.41) is 3.89. The van der Waals surface area contributed by atoms with Crippen molar-refractivity contribution in [2.24, 2.45) is 5.73 Å². The molecule has 2 aromatic rings. The Labute approximate surface area is 102 Å². The highest BCUT2D eigenvalue weighted by Crippen LogP contribution is 2.18. The number of nitrogens with one attached hydrogen (secondary N) is 2. The van der Waals surface area contributed by atoms with E-state index in [9.17, 15) is 13.2 Å². The maximum absolute atomic E-state index is 11.4. The fourth-order valence-corrected chi connectivity index (χ4v) is 1.86. The van der Waals surface area contributed by atoms with Gasteiger partial charge in [-0.3, -0.25) is 9.52 Å². The number of rotatable bonds is 4. The van der Waals surface area contributed by atoms with Crippen molar-refractivity contribution in [3.05, 3.63) is 24.0 Å². The van der Waals surface area contributed by atoms with Gasteiger partial charge in [-0.05, 0) is 6.07 Å². The molecule has 0 spiro atoms. The average molecular weight is 270 g/mol. The normalized spacial score (nSPS) is 11.6. The molecule has 4 N–H and O–H groups in total. The Kier molecular flexibility index (Phi) is 2.88. The number of carbonyl (C=O) groups excluding carboxylic acids is 1. The molecule has 2 aromatic heterocycles. The minimum atomic E-state index is -3.79. The lowest BCUT2D eigenvalue weighted by Crippen LogP contribution is -2.27. The van der Waals surface area contributed by atoms with E-state index < -0.39 is 16.1 Å². The average Bonchev–Trinajstić information content (AvgIpc) is 2.65. The Morgan fingerprint density at radius 1 is 1.50 bits per heavy atom. The van der Waals surface area contributed by atoms with E-state index in [-0.39, 0.29) is 17.0 Å². The number of nitrogens with two attached hydrogens (primary N) is 1. The van der Waals surface area contributed by atoms with Crippen molar-refractivity contribution in [2.75, 3.05) is 11.8 Å². The van der Waals surface area contributed by atoms with Crippen LogP contribution in [0.2, 0.25) is 0 Å². The van der Waals surface area contributed by atoms with Crippen molar-refractivity contribution in [1.82, 2.24) is 19.3 Å². The lowest BCUT2D eigenvalue weighted by atomic mass is 10.3. The van der Waals surface area contributed by atoms with Gasteiger partial charge < -0.3 is 5.73 Å². The van der Waals surface area contributed by atoms with Gasteiger partial charge in [0.1, 0.15) is 5.56 Å². The molecule has 0 aliphatic carbocycles. The van der Waals surface area contributed by atoms with Gasteiger partial charge in [-0.2, -0.15) is 8.42 Å². The number of amides is 1. The molecule has 0 radical (unpaired) electrons. The van der Waals surface area contributed by atoms with Crippen molar-refractivity contribution in [2.45, 2.75) is 0 Å². The highest BCUT2D eigenvalue weighted by atomic mass is 32.2. The number of fused-ring (bicyclic) bond motifs is 1. The molecule has 9 nitrogen and oxygen atoms in total. The predicted molar refractivity (Wildman–Crippen MR) is 63.1 cm³/mol. The molecule has 0 saturated heterocycles. The molecule has 96 valence electrons. The predicted octanol–water partition coefficient (Wildman–Crippen LogP) is -1.30. The smallest absolute Gasteiger partial charge is 0.300 e. The maximum atomic E-state index is 11.4. The zero-order valence-electron chi connectivity index (χ0n) is 9.28. The fourth-order valence-electron chi connectivity index (χ4n) is 1.36. The SMILES string of the molecule is CNS(=O)(=O)Nc1nn2cccnc2c1C(N)=O. The second-order valence-electron chi connectivity index (χ2n) is 3.29. The molecule has 0 fully saturated rings. The zero-order chi connectivity index (χ0) is 13.3. The molecule has 0 bridgehead atoms. The summed E-state index contributed by atoms with van der Waals surface area (Å²) in [5.74, 6) is -0.993. The highest BCUT2D eigenvalue weighted by molar-refractivity contribution is 7.90. The van der Waals surface area contributed by atoms with Crippen LogP contribution in [-0.2, 0) is 10.2 Å². The van der Waals surface area contributed by atoms with E-state index in [4.69, 9.17) is 5.73 Å². The molecule has 18 heavy (non-hydrogen) atoms. The summed E-state index contributed by atoms with van der Waals surface area (Å²) in [6.07, 6.45) is 2.96. The Morgan fingerprint density at radius 3 is 2.83 bits per heavy atom. The van der Waals surface area contributed by atoms with Gasteiger partial charge in [0.2, 0.25) is 0 Å². The summed E-state index contributed by atoms with van der Waals surface area (Å²) in [5.41, 5.74) is 5.29. The van der Waals surface area contributed by atoms with Crippen molar-refractivity contribution < 1.29 is 13.2 Å². The lowest BCUT2D eigenvalue weighted by Gasteiger charge is -2.03. The molecule has 10 heteroatoms. The van der Waals surface area contributed by atoms with E-state index in [0.29, 0.717) is 0 Å². The standard InChI is InChI=1S/C8H10N6O3S/c1-10-18(16,17)13-7-5(6(9)15)8-11-3-2-4-14(8)12-7/h2-4,10H,1H3,(H2,9,15)(H,12,13). The summed E-state index contributed by atoms with van der Waals surface area (Å²) in [6, 6.07) is 1.58. The Hall–Kier alpha value is -2.20. The first-order valence-electron chi connectivity index (χ1n) is 4.79. The molecule has 0 aliphatic rings. The molecular formula is C8H10N6O3S. The molecule has 0 unspecified atom stereocenters. The summed E-state index contributed by atoms with van der Waals surface area (Å²) in [6.45, 7) is 0. The number of hydrogen-bond acceptors (Lipinski definition) is 5. The number of nitrogens with zero attached hydrogens (tertiary/aromatic N) is 3. The number of carbonyl (C=O) groups is 1. The van der Waals surface area contributed by atoms with Crippen LogP contribution in [-0.4, -0.2) is 36.0 Å². The number of hydrogen-bond donors (Lipinski definition) is 3. The number of aromatic nitrogens is 3. The van der Waals surface area contributed by atoms with E-state index in [1.807, 2.05) is 4.72 Å². The lowest BCUT2D eigenvalue weighted by molar-refractivity contribution is 0.100. The van der Waals surface area contributed by atoms with Gasteiger partial charge in [0.15, 0.2) is 11.5 Å². The molecule has 1 amide bonds. The van der Waals surface area contributed by atoms with Gasteiger partial charge in [0, 0.05) is 19.4 Å². The van der Waals surface area contributed by atoms with Crippen LogP contribution < -0.4 is 15.2 Å². The van der Waals surface area contributed by atoms with Crippen LogP contribution in [0.1, 0.15) is 10.4 Å². The monoisotopic (exact) mass is 270 g/mol. The van der Waals surface area contributed by atoms with E-state index in [2.05, 4.69) is 14.8 Å². The Morgan fingerprint density at radius 2 is 2.22 bits per heavy atom. The molecule has 2 rings (SSSR count). The summed E-state index contributed by atoms with van der Waals surface area (Å²) >= 11 is 0. The zero-order valence-corrected chi connectivity index (χ0v) is 10.1. The van der Waals surface area contributed by atoms with Crippen LogP contribution in [0, 0.1) is 0 Å². The van der Waals surface area contributed by atoms with Gasteiger partial charge in [0.25, 0.3) is 16.1 Å². The van der Waals surface area contributed by atoms with Gasteiger partial charge in [-0.15, -0.1) is 5.10 Å². The molecular weight excluding hydrogens is 260 g/mol. The molecule has 0 atom stereocenters. The van der Waals surface area contributed by atoms with Crippen LogP contribution in [0.15, 0.2) is 18.5 Å². The van der Waals surface area contributed by atoms with Crippen LogP contribution >= 0.6 is 0 Å². The molecule has 0 aromatic carbocycles. The van der Waals surface area contributed by atoms with Crippen LogP contribution in [0.5, 0.6) is 0 Å². The van der Waals surface area contributed by atoms with E-state index in [0.717, 1.165) is 0 Å². The van der Waals surface area contributed by atoms with Gasteiger partial charge in [-0.1, -0.05) is 0 Å². The first kappa shape index (κ1) is 12.3. The van der Waals surface area contributed by atoms with E-state index in [1.54, 1.807) is 6.07 Å². The molecule has 0 aliphatic heterocycles. The highest BCUT2D eigenvalue weighted by Gasteiger charge is 2.21. The first-order valence-corrected chi connectivity index (χ1v) is 6.27. The molecule has 2 heterocycles. The number of anilines is 1.